The third-order valence-electron chi connectivity index (χ3n) is 2.60. The normalized spacial score (nSPS) is 10.2. The highest BCUT2D eigenvalue weighted by Gasteiger charge is 2.03. The Kier molecular flexibility index (Phi) is 10.9. The molecular formula is C12H23NO4. The lowest BCUT2D eigenvalue weighted by atomic mass is 10.0. The minimum Gasteiger partial charge on any atom is -0.396 e. The Morgan fingerprint density at radius 2 is 1.41 bits per heavy atom. The Bertz CT molecular complexity index is 215. The van der Waals surface area contributed by atoms with Gasteiger partial charge in [0.05, 0.1) is 4.92 Å². The largest absolute Gasteiger partial charge is 0.396 e. The Labute approximate surface area is 102 Å². The van der Waals surface area contributed by atoms with Crippen LogP contribution in [0.3, 0.4) is 0 Å². The van der Waals surface area contributed by atoms with Crippen LogP contribution in [-0.4, -0.2) is 28.4 Å². The van der Waals surface area contributed by atoms with E-state index in [0.29, 0.717) is 0 Å². The summed E-state index contributed by atoms with van der Waals surface area (Å²) in [6.07, 6.45) is 7.69. The van der Waals surface area contributed by atoms with E-state index in [0.717, 1.165) is 63.1 Å². The molecule has 0 aromatic carbocycles. The van der Waals surface area contributed by atoms with E-state index in [1.165, 1.54) is 0 Å². The fraction of sp³-hybridized carbons (Fsp3) is 0.833. The molecule has 17 heavy (non-hydrogen) atoms. The molecule has 0 amide bonds. The summed E-state index contributed by atoms with van der Waals surface area (Å²) >= 11 is 0. The quantitative estimate of drug-likeness (QED) is 0.332. The molecule has 100 valence electrons. The lowest BCUT2D eigenvalue weighted by Crippen LogP contribution is -1.94. The average molecular weight is 245 g/mol. The minimum absolute atomic E-state index is 0.185. The third kappa shape index (κ3) is 11.3. The van der Waals surface area contributed by atoms with Gasteiger partial charge < -0.3 is 10.2 Å². The predicted molar refractivity (Wildman–Crippen MR) is 66.2 cm³/mol. The zero-order valence-corrected chi connectivity index (χ0v) is 10.3. The van der Waals surface area contributed by atoms with Crippen molar-refractivity contribution in [3.05, 3.63) is 21.9 Å². The van der Waals surface area contributed by atoms with Gasteiger partial charge in [0.15, 0.2) is 0 Å². The highest BCUT2D eigenvalue weighted by Crippen LogP contribution is 2.16. The Hall–Kier alpha value is -0.940. The van der Waals surface area contributed by atoms with Crippen molar-refractivity contribution in [2.45, 2.75) is 51.4 Å². The van der Waals surface area contributed by atoms with Crippen LogP contribution in [0.4, 0.5) is 0 Å². The van der Waals surface area contributed by atoms with Gasteiger partial charge in [-0.25, -0.2) is 0 Å². The fourth-order valence-electron chi connectivity index (χ4n) is 1.68. The van der Waals surface area contributed by atoms with Gasteiger partial charge in [-0.2, -0.15) is 0 Å². The van der Waals surface area contributed by atoms with Crippen molar-refractivity contribution >= 4 is 0 Å². The van der Waals surface area contributed by atoms with Crippen molar-refractivity contribution in [3.63, 3.8) is 0 Å². The van der Waals surface area contributed by atoms with Gasteiger partial charge >= 0.3 is 0 Å². The molecule has 0 radical (unpaired) electrons. The lowest BCUT2D eigenvalue weighted by molar-refractivity contribution is -0.403. The van der Waals surface area contributed by atoms with Crippen molar-refractivity contribution in [2.75, 3.05) is 13.2 Å². The van der Waals surface area contributed by atoms with Gasteiger partial charge in [0, 0.05) is 13.2 Å². The molecule has 0 spiro atoms. The first-order valence-corrected chi connectivity index (χ1v) is 6.25. The lowest BCUT2D eigenvalue weighted by Gasteiger charge is -2.04. The number of allylic oxidation sites excluding steroid dienone is 1. The van der Waals surface area contributed by atoms with Crippen LogP contribution >= 0.6 is 0 Å². The van der Waals surface area contributed by atoms with E-state index >= 15 is 0 Å². The van der Waals surface area contributed by atoms with Gasteiger partial charge in [-0.15, -0.1) is 0 Å². The van der Waals surface area contributed by atoms with Crippen LogP contribution < -0.4 is 0 Å². The average Bonchev–Trinajstić information content (AvgIpc) is 2.29. The number of nitro groups is 1. The van der Waals surface area contributed by atoms with Crippen LogP contribution in [0.25, 0.3) is 0 Å². The van der Waals surface area contributed by atoms with Crippen LogP contribution in [0.2, 0.25) is 0 Å². The van der Waals surface area contributed by atoms with Gasteiger partial charge in [-0.1, -0.05) is 12.8 Å². The summed E-state index contributed by atoms with van der Waals surface area (Å²) in [5.74, 6) is 0. The highest BCUT2D eigenvalue weighted by atomic mass is 16.6. The first-order valence-electron chi connectivity index (χ1n) is 6.25. The van der Waals surface area contributed by atoms with Crippen molar-refractivity contribution in [1.82, 2.24) is 0 Å². The van der Waals surface area contributed by atoms with Crippen LogP contribution in [0, 0.1) is 10.1 Å². The number of nitrogens with zero attached hydrogens (tertiary/aromatic N) is 1. The van der Waals surface area contributed by atoms with E-state index in [9.17, 15) is 10.1 Å². The Balaban J connectivity index is 3.85. The predicted octanol–water partition coefficient (Wildman–Crippen LogP) is 2.25. The number of aliphatic hydroxyl groups is 2. The maximum Gasteiger partial charge on any atom is 0.233 e. The Morgan fingerprint density at radius 1 is 0.941 bits per heavy atom. The summed E-state index contributed by atoms with van der Waals surface area (Å²) in [4.78, 5) is 10.0. The summed E-state index contributed by atoms with van der Waals surface area (Å²) in [6.45, 7) is 0.371. The highest BCUT2D eigenvalue weighted by molar-refractivity contribution is 4.97. The monoisotopic (exact) mass is 245 g/mol. The maximum atomic E-state index is 10.4. The van der Waals surface area contributed by atoms with E-state index in [1.54, 1.807) is 0 Å². The molecule has 0 bridgehead atoms. The van der Waals surface area contributed by atoms with E-state index in [4.69, 9.17) is 10.2 Å². The molecule has 0 unspecified atom stereocenters. The summed E-state index contributed by atoms with van der Waals surface area (Å²) in [5, 5.41) is 27.7. The molecule has 5 nitrogen and oxygen atoms in total. The zero-order valence-electron chi connectivity index (χ0n) is 10.3. The molecular weight excluding hydrogens is 222 g/mol. The summed E-state index contributed by atoms with van der Waals surface area (Å²) in [6, 6.07) is 0. The first kappa shape index (κ1) is 16.1. The maximum absolute atomic E-state index is 10.4. The van der Waals surface area contributed by atoms with Gasteiger partial charge in [-0.05, 0) is 44.1 Å². The smallest absolute Gasteiger partial charge is 0.233 e. The molecule has 0 fully saturated rings. The molecule has 0 aliphatic rings. The van der Waals surface area contributed by atoms with Crippen LogP contribution in [0.15, 0.2) is 11.8 Å². The molecule has 0 atom stereocenters. The topological polar surface area (TPSA) is 83.6 Å². The summed E-state index contributed by atoms with van der Waals surface area (Å²) in [7, 11) is 0. The van der Waals surface area contributed by atoms with Crippen molar-refractivity contribution in [2.24, 2.45) is 0 Å². The minimum atomic E-state index is -0.395. The number of aliphatic hydroxyl groups excluding tert-OH is 2. The van der Waals surface area contributed by atoms with Crippen molar-refractivity contribution < 1.29 is 15.1 Å². The molecule has 0 saturated carbocycles. The van der Waals surface area contributed by atoms with Gasteiger partial charge in [0.2, 0.25) is 6.20 Å². The second-order valence-electron chi connectivity index (χ2n) is 4.14. The van der Waals surface area contributed by atoms with E-state index in [2.05, 4.69) is 0 Å². The number of hydrogen-bond acceptors (Lipinski definition) is 4. The standard InChI is InChI=1S/C12H23NO4/c14-9-5-1-3-7-12(11-13(16)17)8-4-2-6-10-15/h11,14-15H,1-10H2. The van der Waals surface area contributed by atoms with Crippen LogP contribution in [0.1, 0.15) is 51.4 Å². The molecule has 0 heterocycles. The van der Waals surface area contributed by atoms with E-state index in [1.807, 2.05) is 0 Å². The van der Waals surface area contributed by atoms with Crippen LogP contribution in [0.5, 0.6) is 0 Å². The zero-order chi connectivity index (χ0) is 12.9. The number of hydrogen-bond donors (Lipinski definition) is 2. The van der Waals surface area contributed by atoms with Crippen molar-refractivity contribution in [3.8, 4) is 0 Å². The molecule has 0 aliphatic carbocycles. The molecule has 2 N–H and O–H groups in total. The molecule has 0 aliphatic heterocycles. The molecule has 0 aromatic heterocycles. The number of rotatable bonds is 11. The van der Waals surface area contributed by atoms with Gasteiger partial charge in [0.25, 0.3) is 0 Å². The summed E-state index contributed by atoms with van der Waals surface area (Å²) in [5.41, 5.74) is 0.867. The van der Waals surface area contributed by atoms with Crippen molar-refractivity contribution in [1.29, 1.82) is 0 Å². The second-order valence-corrected chi connectivity index (χ2v) is 4.14. The van der Waals surface area contributed by atoms with E-state index in [-0.39, 0.29) is 13.2 Å². The van der Waals surface area contributed by atoms with Crippen LogP contribution in [-0.2, 0) is 0 Å². The number of unbranched alkanes of at least 4 members (excludes halogenated alkanes) is 4. The molecule has 0 rings (SSSR count). The fourth-order valence-corrected chi connectivity index (χ4v) is 1.68. The summed E-state index contributed by atoms with van der Waals surface area (Å²) < 4.78 is 0. The first-order chi connectivity index (χ1) is 8.20. The van der Waals surface area contributed by atoms with Gasteiger partial charge in [-0.3, -0.25) is 10.1 Å². The second kappa shape index (κ2) is 11.5. The van der Waals surface area contributed by atoms with E-state index < -0.39 is 4.92 Å². The molecule has 5 heteroatoms. The third-order valence-corrected chi connectivity index (χ3v) is 2.60. The molecule has 0 saturated heterocycles. The SMILES string of the molecule is O=[N+]([O-])C=C(CCCCCO)CCCCCO. The Morgan fingerprint density at radius 3 is 1.76 bits per heavy atom. The van der Waals surface area contributed by atoms with Gasteiger partial charge in [0.1, 0.15) is 0 Å². The molecule has 0 aromatic rings.